The van der Waals surface area contributed by atoms with Gasteiger partial charge in [0, 0.05) is 12.2 Å². The van der Waals surface area contributed by atoms with Gasteiger partial charge in [-0.05, 0) is 110 Å². The molecule has 228 valence electrons. The van der Waals surface area contributed by atoms with E-state index in [1.807, 2.05) is 99.6 Å². The summed E-state index contributed by atoms with van der Waals surface area (Å²) in [6.45, 7) is 11.6. The number of halogens is 1. The number of anilines is 1. The fraction of sp³-hybridized carbons (Fsp3) is 0.324. The fourth-order valence-corrected chi connectivity index (χ4v) is 4.80. The van der Waals surface area contributed by atoms with E-state index in [-0.39, 0.29) is 17.0 Å². The van der Waals surface area contributed by atoms with Gasteiger partial charge in [0.05, 0.1) is 6.61 Å². The molecule has 43 heavy (non-hydrogen) atoms. The van der Waals surface area contributed by atoms with Crippen LogP contribution in [0, 0.1) is 12.7 Å². The number of carbonyl (C=O) groups is 1. The standard InChI is InChI=1S/C26H29FO2.C11H15NO2/c1-4-28-22-15-13-21(14-16-22)26(2,3)18-8-9-20-12-17-24(27)25(19-20)29-23-10-6-5-7-11-23;1-3-7-12(11(13)14)10-6-4-5-9(2)8-10/h5-7,10-17,19H,4,8-9,18H2,1-3H3;4-6,8H,3,7H2,1-2H3,(H,13,14). The van der Waals surface area contributed by atoms with Gasteiger partial charge < -0.3 is 14.6 Å². The number of para-hydroxylation sites is 1. The van der Waals surface area contributed by atoms with E-state index < -0.39 is 6.09 Å². The lowest BCUT2D eigenvalue weighted by atomic mass is 9.80. The maximum atomic E-state index is 14.1. The van der Waals surface area contributed by atoms with Gasteiger partial charge in [-0.25, -0.2) is 9.18 Å². The van der Waals surface area contributed by atoms with Crippen LogP contribution in [-0.4, -0.2) is 24.4 Å². The molecule has 0 atom stereocenters. The summed E-state index contributed by atoms with van der Waals surface area (Å²) in [5, 5.41) is 8.97. The van der Waals surface area contributed by atoms with Crippen LogP contribution in [0.2, 0.25) is 0 Å². The molecule has 0 spiro atoms. The zero-order valence-corrected chi connectivity index (χ0v) is 26.0. The molecular weight excluding hydrogens is 541 g/mol. The van der Waals surface area contributed by atoms with Crippen LogP contribution in [0.25, 0.3) is 0 Å². The minimum Gasteiger partial charge on any atom is -0.494 e. The highest BCUT2D eigenvalue weighted by Gasteiger charge is 2.20. The van der Waals surface area contributed by atoms with Crippen LogP contribution in [0.1, 0.15) is 63.6 Å². The summed E-state index contributed by atoms with van der Waals surface area (Å²) < 4.78 is 25.4. The average Bonchev–Trinajstić information content (AvgIpc) is 2.99. The molecule has 0 aromatic heterocycles. The second-order valence-electron chi connectivity index (χ2n) is 11.1. The van der Waals surface area contributed by atoms with Crippen LogP contribution in [0.3, 0.4) is 0 Å². The predicted octanol–water partition coefficient (Wildman–Crippen LogP) is 10.2. The zero-order chi connectivity index (χ0) is 31.2. The Balaban J connectivity index is 0.000000303. The maximum Gasteiger partial charge on any atom is 0.411 e. The smallest absolute Gasteiger partial charge is 0.411 e. The van der Waals surface area contributed by atoms with Gasteiger partial charge >= 0.3 is 6.09 Å². The van der Waals surface area contributed by atoms with Gasteiger partial charge in [0.15, 0.2) is 11.6 Å². The van der Waals surface area contributed by atoms with Crippen LogP contribution >= 0.6 is 0 Å². The van der Waals surface area contributed by atoms with E-state index in [2.05, 4.69) is 26.0 Å². The highest BCUT2D eigenvalue weighted by Crippen LogP contribution is 2.31. The van der Waals surface area contributed by atoms with Crippen molar-refractivity contribution in [3.63, 3.8) is 0 Å². The van der Waals surface area contributed by atoms with Crippen molar-refractivity contribution in [1.29, 1.82) is 0 Å². The normalized spacial score (nSPS) is 10.8. The molecule has 4 aromatic rings. The molecule has 0 heterocycles. The lowest BCUT2D eigenvalue weighted by molar-refractivity contribution is 0.202. The summed E-state index contributed by atoms with van der Waals surface area (Å²) in [6, 6.07) is 30.3. The van der Waals surface area contributed by atoms with Gasteiger partial charge in [-0.15, -0.1) is 0 Å². The molecule has 4 aromatic carbocycles. The number of amides is 1. The van der Waals surface area contributed by atoms with Crippen LogP contribution in [-0.2, 0) is 11.8 Å². The Hall–Kier alpha value is -4.32. The van der Waals surface area contributed by atoms with Crippen LogP contribution in [0.5, 0.6) is 17.2 Å². The van der Waals surface area contributed by atoms with Crippen molar-refractivity contribution in [3.8, 4) is 17.2 Å². The number of aryl methyl sites for hydroxylation is 2. The Morgan fingerprint density at radius 3 is 2.23 bits per heavy atom. The number of benzene rings is 4. The molecule has 0 radical (unpaired) electrons. The molecule has 1 N–H and O–H groups in total. The van der Waals surface area contributed by atoms with E-state index in [9.17, 15) is 9.18 Å². The monoisotopic (exact) mass is 585 g/mol. The third-order valence-electron chi connectivity index (χ3n) is 7.17. The zero-order valence-electron chi connectivity index (χ0n) is 26.0. The molecule has 0 aliphatic carbocycles. The molecule has 4 rings (SSSR count). The average molecular weight is 586 g/mol. The van der Waals surface area contributed by atoms with Crippen LogP contribution in [0.4, 0.5) is 14.9 Å². The molecule has 6 heteroatoms. The van der Waals surface area contributed by atoms with Gasteiger partial charge in [-0.1, -0.05) is 69.3 Å². The second kappa shape index (κ2) is 16.4. The first-order chi connectivity index (χ1) is 20.6. The maximum absolute atomic E-state index is 14.1. The van der Waals surface area contributed by atoms with Gasteiger partial charge in [-0.2, -0.15) is 0 Å². The first kappa shape index (κ1) is 33.2. The van der Waals surface area contributed by atoms with Gasteiger partial charge in [0.25, 0.3) is 0 Å². The molecule has 0 aliphatic heterocycles. The fourth-order valence-electron chi connectivity index (χ4n) is 4.80. The topological polar surface area (TPSA) is 59.0 Å². The largest absolute Gasteiger partial charge is 0.494 e. The number of carboxylic acid groups (broad SMARTS) is 1. The van der Waals surface area contributed by atoms with E-state index in [1.165, 1.54) is 16.5 Å². The first-order valence-electron chi connectivity index (χ1n) is 14.9. The Labute approximate surface area is 255 Å². The Morgan fingerprint density at radius 2 is 1.60 bits per heavy atom. The predicted molar refractivity (Wildman–Crippen MR) is 173 cm³/mol. The summed E-state index contributed by atoms with van der Waals surface area (Å²) in [5.41, 5.74) is 4.27. The molecule has 0 bridgehead atoms. The number of hydrogen-bond acceptors (Lipinski definition) is 3. The lowest BCUT2D eigenvalue weighted by Gasteiger charge is -2.25. The molecule has 0 unspecified atom stereocenters. The highest BCUT2D eigenvalue weighted by molar-refractivity contribution is 5.86. The molecule has 0 aliphatic rings. The number of rotatable bonds is 12. The molecular formula is C37H44FNO4. The molecule has 1 amide bonds. The van der Waals surface area contributed by atoms with Crippen molar-refractivity contribution in [2.24, 2.45) is 0 Å². The van der Waals surface area contributed by atoms with E-state index in [0.29, 0.717) is 18.9 Å². The number of nitrogens with zero attached hydrogens (tertiary/aromatic N) is 1. The quantitative estimate of drug-likeness (QED) is 0.180. The Kier molecular flexibility index (Phi) is 12.6. The Bertz CT molecular complexity index is 1420. The molecule has 0 saturated carbocycles. The molecule has 0 saturated heterocycles. The first-order valence-corrected chi connectivity index (χ1v) is 14.9. The van der Waals surface area contributed by atoms with Crippen molar-refractivity contribution in [3.05, 3.63) is 120 Å². The van der Waals surface area contributed by atoms with Crippen molar-refractivity contribution >= 4 is 11.8 Å². The van der Waals surface area contributed by atoms with Crippen LogP contribution in [0.15, 0.2) is 97.1 Å². The van der Waals surface area contributed by atoms with Gasteiger partial charge in [0.1, 0.15) is 11.5 Å². The van der Waals surface area contributed by atoms with Gasteiger partial charge in [-0.3, -0.25) is 4.90 Å². The van der Waals surface area contributed by atoms with Crippen LogP contribution < -0.4 is 14.4 Å². The van der Waals surface area contributed by atoms with Crippen molar-refractivity contribution in [2.45, 2.75) is 65.7 Å². The van der Waals surface area contributed by atoms with Gasteiger partial charge in [0.2, 0.25) is 0 Å². The van der Waals surface area contributed by atoms with E-state index in [4.69, 9.17) is 14.6 Å². The minimum absolute atomic E-state index is 0.0636. The third-order valence-corrected chi connectivity index (χ3v) is 7.17. The molecule has 5 nitrogen and oxygen atoms in total. The third kappa shape index (κ3) is 10.5. The SMILES string of the molecule is CCCN(C(=O)O)c1cccc(C)c1.CCOc1ccc(C(C)(C)CCCc2ccc(F)c(Oc3ccccc3)c2)cc1. The minimum atomic E-state index is -0.891. The summed E-state index contributed by atoms with van der Waals surface area (Å²) in [5.74, 6) is 1.48. The summed E-state index contributed by atoms with van der Waals surface area (Å²) in [4.78, 5) is 12.3. The lowest BCUT2D eigenvalue weighted by Crippen LogP contribution is -2.29. The van der Waals surface area contributed by atoms with Crippen molar-refractivity contribution in [2.75, 3.05) is 18.1 Å². The van der Waals surface area contributed by atoms with E-state index in [1.54, 1.807) is 0 Å². The van der Waals surface area contributed by atoms with Crippen molar-refractivity contribution < 1.29 is 23.8 Å². The van der Waals surface area contributed by atoms with E-state index >= 15 is 0 Å². The van der Waals surface area contributed by atoms with E-state index in [0.717, 1.165) is 48.2 Å². The number of hydrogen-bond donors (Lipinski definition) is 1. The number of ether oxygens (including phenoxy) is 2. The highest BCUT2D eigenvalue weighted by atomic mass is 19.1. The molecule has 0 fully saturated rings. The van der Waals surface area contributed by atoms with Crippen molar-refractivity contribution in [1.82, 2.24) is 0 Å². The second-order valence-corrected chi connectivity index (χ2v) is 11.1. The summed E-state index contributed by atoms with van der Waals surface area (Å²) in [6.07, 6.45) is 2.85. The summed E-state index contributed by atoms with van der Waals surface area (Å²) >= 11 is 0. The Morgan fingerprint density at radius 1 is 0.884 bits per heavy atom. The summed E-state index contributed by atoms with van der Waals surface area (Å²) in [7, 11) is 0.